The molecule has 108 valence electrons. The van der Waals surface area contributed by atoms with Crippen molar-refractivity contribution < 1.29 is 4.39 Å². The summed E-state index contributed by atoms with van der Waals surface area (Å²) in [6, 6.07) is 12.9. The van der Waals surface area contributed by atoms with Crippen molar-refractivity contribution in [1.82, 2.24) is 9.88 Å². The number of fused-ring (bicyclic) bond motifs is 1. The molecule has 0 amide bonds. The molecule has 0 saturated carbocycles. The van der Waals surface area contributed by atoms with Gasteiger partial charge in [0.1, 0.15) is 5.82 Å². The van der Waals surface area contributed by atoms with Crippen molar-refractivity contribution in [2.75, 3.05) is 7.05 Å². The summed E-state index contributed by atoms with van der Waals surface area (Å²) in [4.78, 5) is 0. The lowest BCUT2D eigenvalue weighted by Crippen LogP contribution is -2.05. The lowest BCUT2D eigenvalue weighted by atomic mass is 10.1. The van der Waals surface area contributed by atoms with Gasteiger partial charge in [0.15, 0.2) is 0 Å². The van der Waals surface area contributed by atoms with Gasteiger partial charge in [-0.1, -0.05) is 29.8 Å². The van der Waals surface area contributed by atoms with Crippen LogP contribution in [0.5, 0.6) is 0 Å². The normalized spacial score (nSPS) is 11.2. The predicted molar refractivity (Wildman–Crippen MR) is 85.2 cm³/mol. The van der Waals surface area contributed by atoms with Crippen LogP contribution in [0.1, 0.15) is 11.1 Å². The van der Waals surface area contributed by atoms with Crippen molar-refractivity contribution in [3.63, 3.8) is 0 Å². The summed E-state index contributed by atoms with van der Waals surface area (Å²) >= 11 is 6.12. The first-order valence-electron chi connectivity index (χ1n) is 6.84. The van der Waals surface area contributed by atoms with Gasteiger partial charge >= 0.3 is 0 Å². The fourth-order valence-electron chi connectivity index (χ4n) is 2.60. The Morgan fingerprint density at radius 3 is 2.76 bits per heavy atom. The number of halogens is 2. The zero-order chi connectivity index (χ0) is 14.8. The van der Waals surface area contributed by atoms with Gasteiger partial charge in [0.25, 0.3) is 0 Å². The molecular formula is C17H16ClFN2. The van der Waals surface area contributed by atoms with Gasteiger partial charge in [0.2, 0.25) is 0 Å². The first-order chi connectivity index (χ1) is 10.2. The molecule has 1 heterocycles. The molecule has 0 aliphatic rings. The summed E-state index contributed by atoms with van der Waals surface area (Å²) < 4.78 is 15.3. The van der Waals surface area contributed by atoms with Gasteiger partial charge < -0.3 is 9.88 Å². The maximum Gasteiger partial charge on any atom is 0.124 e. The monoisotopic (exact) mass is 302 g/mol. The Bertz CT molecular complexity index is 780. The molecule has 2 aromatic carbocycles. The topological polar surface area (TPSA) is 17.0 Å². The van der Waals surface area contributed by atoms with Gasteiger partial charge in [0, 0.05) is 35.2 Å². The summed E-state index contributed by atoms with van der Waals surface area (Å²) in [7, 11) is 1.94. The van der Waals surface area contributed by atoms with Gasteiger partial charge in [0.05, 0.1) is 0 Å². The standard InChI is InChI=1S/C17H16ClFN2/c1-20-10-12-3-2-4-17-15(12)7-8-21(17)11-13-5-6-14(19)9-16(13)18/h2-9,20H,10-11H2,1H3. The van der Waals surface area contributed by atoms with E-state index >= 15 is 0 Å². The zero-order valence-corrected chi connectivity index (χ0v) is 12.5. The van der Waals surface area contributed by atoms with Crippen molar-refractivity contribution >= 4 is 22.5 Å². The van der Waals surface area contributed by atoms with E-state index in [1.165, 1.54) is 23.1 Å². The average Bonchev–Trinajstić information content (AvgIpc) is 2.87. The van der Waals surface area contributed by atoms with Crippen LogP contribution in [-0.2, 0) is 13.1 Å². The van der Waals surface area contributed by atoms with Gasteiger partial charge in [-0.3, -0.25) is 0 Å². The van der Waals surface area contributed by atoms with E-state index in [1.807, 2.05) is 13.2 Å². The molecule has 0 fully saturated rings. The molecule has 21 heavy (non-hydrogen) atoms. The Hall–Kier alpha value is -1.84. The van der Waals surface area contributed by atoms with Crippen LogP contribution in [0.4, 0.5) is 4.39 Å². The Morgan fingerprint density at radius 2 is 2.00 bits per heavy atom. The molecule has 1 aromatic heterocycles. The molecule has 0 aliphatic carbocycles. The van der Waals surface area contributed by atoms with Crippen LogP contribution in [0.3, 0.4) is 0 Å². The average molecular weight is 303 g/mol. The second kappa shape index (κ2) is 5.88. The van der Waals surface area contributed by atoms with E-state index in [4.69, 9.17) is 11.6 Å². The minimum Gasteiger partial charge on any atom is -0.343 e. The highest BCUT2D eigenvalue weighted by Gasteiger charge is 2.08. The van der Waals surface area contributed by atoms with Crippen molar-refractivity contribution in [2.24, 2.45) is 0 Å². The Morgan fingerprint density at radius 1 is 1.14 bits per heavy atom. The third-order valence-electron chi connectivity index (χ3n) is 3.63. The number of hydrogen-bond acceptors (Lipinski definition) is 1. The molecule has 2 nitrogen and oxygen atoms in total. The molecule has 0 aliphatic heterocycles. The molecule has 3 rings (SSSR count). The highest BCUT2D eigenvalue weighted by Crippen LogP contribution is 2.24. The third kappa shape index (κ3) is 2.80. The molecule has 0 radical (unpaired) electrons. The second-order valence-corrected chi connectivity index (χ2v) is 5.47. The van der Waals surface area contributed by atoms with Crippen LogP contribution in [-0.4, -0.2) is 11.6 Å². The van der Waals surface area contributed by atoms with E-state index in [2.05, 4.69) is 34.1 Å². The lowest BCUT2D eigenvalue weighted by Gasteiger charge is -2.09. The molecular weight excluding hydrogens is 287 g/mol. The fourth-order valence-corrected chi connectivity index (χ4v) is 2.83. The SMILES string of the molecule is CNCc1cccc2c1ccn2Cc1ccc(F)cc1Cl. The molecule has 1 N–H and O–H groups in total. The minimum atomic E-state index is -0.308. The van der Waals surface area contributed by atoms with Crippen LogP contribution >= 0.6 is 11.6 Å². The number of hydrogen-bond donors (Lipinski definition) is 1. The fraction of sp³-hybridized carbons (Fsp3) is 0.176. The number of nitrogens with zero attached hydrogens (tertiary/aromatic N) is 1. The maximum atomic E-state index is 13.1. The van der Waals surface area contributed by atoms with Crippen molar-refractivity contribution in [1.29, 1.82) is 0 Å². The zero-order valence-electron chi connectivity index (χ0n) is 11.7. The minimum absolute atomic E-state index is 0.308. The molecule has 0 bridgehead atoms. The molecule has 0 spiro atoms. The van der Waals surface area contributed by atoms with Gasteiger partial charge in [-0.15, -0.1) is 0 Å². The Labute approximate surface area is 128 Å². The summed E-state index contributed by atoms with van der Waals surface area (Å²) in [6.07, 6.45) is 2.05. The van der Waals surface area contributed by atoms with E-state index < -0.39 is 0 Å². The van der Waals surface area contributed by atoms with E-state index in [-0.39, 0.29) is 5.82 Å². The lowest BCUT2D eigenvalue weighted by molar-refractivity contribution is 0.626. The number of nitrogens with one attached hydrogen (secondary N) is 1. The quantitative estimate of drug-likeness (QED) is 0.764. The number of benzene rings is 2. The van der Waals surface area contributed by atoms with Gasteiger partial charge in [-0.05, 0) is 42.4 Å². The summed E-state index contributed by atoms with van der Waals surface area (Å²) in [5, 5.41) is 4.87. The molecule has 4 heteroatoms. The number of aromatic nitrogens is 1. The van der Waals surface area contributed by atoms with Crippen LogP contribution < -0.4 is 5.32 Å². The van der Waals surface area contributed by atoms with Crippen molar-refractivity contribution in [3.8, 4) is 0 Å². The highest BCUT2D eigenvalue weighted by molar-refractivity contribution is 6.31. The van der Waals surface area contributed by atoms with Gasteiger partial charge in [-0.25, -0.2) is 4.39 Å². The van der Waals surface area contributed by atoms with Gasteiger partial charge in [-0.2, -0.15) is 0 Å². The van der Waals surface area contributed by atoms with Crippen LogP contribution in [0.2, 0.25) is 5.02 Å². The van der Waals surface area contributed by atoms with E-state index in [0.717, 1.165) is 17.6 Å². The van der Waals surface area contributed by atoms with Crippen LogP contribution in [0.15, 0.2) is 48.7 Å². The largest absolute Gasteiger partial charge is 0.343 e. The molecule has 0 unspecified atom stereocenters. The second-order valence-electron chi connectivity index (χ2n) is 5.06. The van der Waals surface area contributed by atoms with E-state index in [1.54, 1.807) is 6.07 Å². The smallest absolute Gasteiger partial charge is 0.124 e. The van der Waals surface area contributed by atoms with Crippen molar-refractivity contribution in [3.05, 3.63) is 70.6 Å². The third-order valence-corrected chi connectivity index (χ3v) is 3.98. The summed E-state index contributed by atoms with van der Waals surface area (Å²) in [5.41, 5.74) is 3.33. The Balaban J connectivity index is 1.99. The summed E-state index contributed by atoms with van der Waals surface area (Å²) in [6.45, 7) is 1.46. The Kier molecular flexibility index (Phi) is 3.95. The number of rotatable bonds is 4. The highest BCUT2D eigenvalue weighted by atomic mass is 35.5. The summed E-state index contributed by atoms with van der Waals surface area (Å²) in [5.74, 6) is -0.308. The molecule has 0 saturated heterocycles. The first kappa shape index (κ1) is 14.1. The van der Waals surface area contributed by atoms with E-state index in [0.29, 0.717) is 11.6 Å². The maximum absolute atomic E-state index is 13.1. The van der Waals surface area contributed by atoms with Crippen molar-refractivity contribution in [2.45, 2.75) is 13.1 Å². The van der Waals surface area contributed by atoms with Crippen LogP contribution in [0.25, 0.3) is 10.9 Å². The van der Waals surface area contributed by atoms with E-state index in [9.17, 15) is 4.39 Å². The molecule has 0 atom stereocenters. The molecule has 3 aromatic rings. The first-order valence-corrected chi connectivity index (χ1v) is 7.22. The van der Waals surface area contributed by atoms with Crippen LogP contribution in [0, 0.1) is 5.82 Å². The predicted octanol–water partition coefficient (Wildman–Crippen LogP) is 4.20.